The summed E-state index contributed by atoms with van der Waals surface area (Å²) in [7, 11) is 0. The van der Waals surface area contributed by atoms with Crippen molar-refractivity contribution in [1.82, 2.24) is 24.5 Å². The Bertz CT molecular complexity index is 3880. The molecule has 4 aromatic heterocycles. The summed E-state index contributed by atoms with van der Waals surface area (Å²) in [5, 5.41) is 4.33. The van der Waals surface area contributed by atoms with Crippen molar-refractivity contribution in [3.05, 3.63) is 237 Å². The first-order chi connectivity index (χ1) is 33.7. The van der Waals surface area contributed by atoms with E-state index >= 15 is 0 Å². The molecule has 13 aromatic rings. The first kappa shape index (κ1) is 39.1. The molecule has 0 unspecified atom stereocenters. The van der Waals surface area contributed by atoms with Gasteiger partial charge in [0, 0.05) is 61.2 Å². The molecule has 318 valence electrons. The second-order valence-electron chi connectivity index (χ2n) is 17.0. The van der Waals surface area contributed by atoms with Crippen LogP contribution in [0.4, 0.5) is 0 Å². The van der Waals surface area contributed by atoms with Crippen LogP contribution in [-0.4, -0.2) is 24.5 Å². The van der Waals surface area contributed by atoms with Gasteiger partial charge in [0.1, 0.15) is 5.58 Å². The fourth-order valence-electron chi connectivity index (χ4n) is 9.79. The SMILES string of the molecule is c1ccc(-c2nc(-c3ccccc3)nc(-c3cc(-c4c(-c5ccccc5)cccc4-c4ccccc4)cnc3-c3ccc4oc5c(ccc6c7ccccc7n(-c7ccccc7)c65)c4c3)n2)cc1. The third kappa shape index (κ3) is 6.66. The minimum Gasteiger partial charge on any atom is -0.454 e. The van der Waals surface area contributed by atoms with Crippen molar-refractivity contribution in [2.75, 3.05) is 0 Å². The van der Waals surface area contributed by atoms with Gasteiger partial charge in [-0.2, -0.15) is 0 Å². The number of nitrogens with zero attached hydrogens (tertiary/aromatic N) is 5. The van der Waals surface area contributed by atoms with Crippen LogP contribution >= 0.6 is 0 Å². The number of aromatic nitrogens is 5. The molecule has 0 aliphatic carbocycles. The number of furan rings is 1. The molecule has 0 bridgehead atoms. The Hall–Kier alpha value is -9.26. The Morgan fingerprint density at radius 3 is 1.53 bits per heavy atom. The van der Waals surface area contributed by atoms with Gasteiger partial charge >= 0.3 is 0 Å². The van der Waals surface area contributed by atoms with E-state index in [-0.39, 0.29) is 0 Å². The Morgan fingerprint density at radius 1 is 0.353 bits per heavy atom. The summed E-state index contributed by atoms with van der Waals surface area (Å²) >= 11 is 0. The van der Waals surface area contributed by atoms with Gasteiger partial charge in [-0.15, -0.1) is 0 Å². The molecule has 13 rings (SSSR count). The Kier molecular flexibility index (Phi) is 9.39. The first-order valence-electron chi connectivity index (χ1n) is 22.8. The molecule has 0 amide bonds. The van der Waals surface area contributed by atoms with E-state index in [4.69, 9.17) is 24.4 Å². The summed E-state index contributed by atoms with van der Waals surface area (Å²) in [4.78, 5) is 21.1. The van der Waals surface area contributed by atoms with E-state index in [0.29, 0.717) is 17.5 Å². The molecule has 9 aromatic carbocycles. The first-order valence-corrected chi connectivity index (χ1v) is 22.8. The number of para-hydroxylation sites is 2. The second-order valence-corrected chi connectivity index (χ2v) is 17.0. The van der Waals surface area contributed by atoms with Gasteiger partial charge in [0.25, 0.3) is 0 Å². The Balaban J connectivity index is 1.08. The summed E-state index contributed by atoms with van der Waals surface area (Å²) in [6.45, 7) is 0. The zero-order valence-electron chi connectivity index (χ0n) is 36.7. The van der Waals surface area contributed by atoms with E-state index in [1.165, 1.54) is 5.39 Å². The lowest BCUT2D eigenvalue weighted by Crippen LogP contribution is -2.02. The molecule has 0 saturated carbocycles. The largest absolute Gasteiger partial charge is 0.454 e. The quantitative estimate of drug-likeness (QED) is 0.152. The summed E-state index contributed by atoms with van der Waals surface area (Å²) in [5.41, 5.74) is 15.5. The fraction of sp³-hybridized carbons (Fsp3) is 0. The van der Waals surface area contributed by atoms with Gasteiger partial charge in [-0.1, -0.05) is 182 Å². The highest BCUT2D eigenvalue weighted by Crippen LogP contribution is 2.45. The molecule has 0 N–H and O–H groups in total. The van der Waals surface area contributed by atoms with Crippen LogP contribution in [-0.2, 0) is 0 Å². The van der Waals surface area contributed by atoms with Crippen LogP contribution in [0.1, 0.15) is 0 Å². The molecule has 0 fully saturated rings. The zero-order valence-corrected chi connectivity index (χ0v) is 36.7. The predicted molar refractivity (Wildman–Crippen MR) is 277 cm³/mol. The van der Waals surface area contributed by atoms with E-state index in [2.05, 4.69) is 174 Å². The van der Waals surface area contributed by atoms with Crippen LogP contribution < -0.4 is 0 Å². The van der Waals surface area contributed by atoms with Crippen LogP contribution in [0.3, 0.4) is 0 Å². The highest BCUT2D eigenvalue weighted by atomic mass is 16.3. The third-order valence-corrected chi connectivity index (χ3v) is 12.9. The summed E-state index contributed by atoms with van der Waals surface area (Å²) in [5.74, 6) is 1.68. The van der Waals surface area contributed by atoms with Gasteiger partial charge in [-0.3, -0.25) is 4.98 Å². The van der Waals surface area contributed by atoms with Crippen molar-refractivity contribution in [3.8, 4) is 84.5 Å². The molecule has 0 aliphatic rings. The average Bonchev–Trinajstić information content (AvgIpc) is 3.97. The molecule has 0 aliphatic heterocycles. The van der Waals surface area contributed by atoms with E-state index < -0.39 is 0 Å². The smallest absolute Gasteiger partial charge is 0.166 e. The molecule has 6 nitrogen and oxygen atoms in total. The van der Waals surface area contributed by atoms with Gasteiger partial charge in [0.15, 0.2) is 23.1 Å². The van der Waals surface area contributed by atoms with Crippen LogP contribution in [0.15, 0.2) is 241 Å². The number of fused-ring (bicyclic) bond motifs is 7. The number of hydrogen-bond acceptors (Lipinski definition) is 5. The molecule has 6 heteroatoms. The van der Waals surface area contributed by atoms with Crippen molar-refractivity contribution in [2.24, 2.45) is 0 Å². The summed E-state index contributed by atoms with van der Waals surface area (Å²) < 4.78 is 9.23. The lowest BCUT2D eigenvalue weighted by molar-refractivity contribution is 0.671. The van der Waals surface area contributed by atoms with Crippen molar-refractivity contribution in [1.29, 1.82) is 0 Å². The highest BCUT2D eigenvalue weighted by Gasteiger charge is 2.23. The maximum atomic E-state index is 6.91. The normalized spacial score (nSPS) is 11.5. The van der Waals surface area contributed by atoms with Gasteiger partial charge in [-0.25, -0.2) is 15.0 Å². The van der Waals surface area contributed by atoms with Crippen LogP contribution in [0.5, 0.6) is 0 Å². The standard InChI is InChI=1S/C62H39N5O/c1-6-19-40(20-7-1)47-30-18-31-48(41-21-8-2-9-22-41)56(47)45-38-53(62-65-60(42-23-10-3-11-24-42)64-61(66-62)43-25-12-4-13-26-43)57(63-39-45)44-33-36-55-52(37-44)51-35-34-50-49-29-16-17-32-54(49)67(58(50)59(51)68-55)46-27-14-5-15-28-46/h1-39H. The monoisotopic (exact) mass is 869 g/mol. The average molecular weight is 870 g/mol. The minimum absolute atomic E-state index is 0.520. The van der Waals surface area contributed by atoms with Crippen molar-refractivity contribution in [2.45, 2.75) is 0 Å². The lowest BCUT2D eigenvalue weighted by atomic mass is 9.87. The van der Waals surface area contributed by atoms with Gasteiger partial charge in [0.2, 0.25) is 0 Å². The summed E-state index contributed by atoms with van der Waals surface area (Å²) in [6.07, 6.45) is 2.00. The van der Waals surface area contributed by atoms with Crippen LogP contribution in [0, 0.1) is 0 Å². The van der Waals surface area contributed by atoms with Crippen LogP contribution in [0.2, 0.25) is 0 Å². The Labute approximate surface area is 392 Å². The Morgan fingerprint density at radius 2 is 0.897 bits per heavy atom. The zero-order chi connectivity index (χ0) is 45.0. The maximum absolute atomic E-state index is 6.91. The third-order valence-electron chi connectivity index (χ3n) is 12.9. The molecule has 4 heterocycles. The van der Waals surface area contributed by atoms with Gasteiger partial charge < -0.3 is 8.98 Å². The molecule has 0 spiro atoms. The molecule has 0 radical (unpaired) electrons. The van der Waals surface area contributed by atoms with Crippen molar-refractivity contribution >= 4 is 43.7 Å². The van der Waals surface area contributed by atoms with E-state index in [9.17, 15) is 0 Å². The number of pyridine rings is 1. The lowest BCUT2D eigenvalue weighted by Gasteiger charge is -2.18. The predicted octanol–water partition coefficient (Wildman–Crippen LogP) is 15.9. The van der Waals surface area contributed by atoms with E-state index in [1.807, 2.05) is 66.9 Å². The second kappa shape index (κ2) is 16.3. The number of benzene rings is 9. The molecular weight excluding hydrogens is 831 g/mol. The summed E-state index contributed by atoms with van der Waals surface area (Å²) in [6, 6.07) is 80.0. The molecular formula is C62H39N5O. The highest BCUT2D eigenvalue weighted by molar-refractivity contribution is 6.21. The van der Waals surface area contributed by atoms with Gasteiger partial charge in [-0.05, 0) is 76.3 Å². The fourth-order valence-corrected chi connectivity index (χ4v) is 9.79. The number of hydrogen-bond donors (Lipinski definition) is 0. The van der Waals surface area contributed by atoms with E-state index in [1.54, 1.807) is 0 Å². The van der Waals surface area contributed by atoms with Crippen molar-refractivity contribution in [3.63, 3.8) is 0 Å². The van der Waals surface area contributed by atoms with Crippen molar-refractivity contribution < 1.29 is 4.42 Å². The van der Waals surface area contributed by atoms with Crippen LogP contribution in [0.25, 0.3) is 128 Å². The van der Waals surface area contributed by atoms with E-state index in [0.717, 1.165) is 105 Å². The van der Waals surface area contributed by atoms with Gasteiger partial charge in [0.05, 0.1) is 16.7 Å². The minimum atomic E-state index is 0.520. The molecule has 0 atom stereocenters. The molecule has 0 saturated heterocycles. The molecule has 68 heavy (non-hydrogen) atoms. The number of rotatable bonds is 8. The maximum Gasteiger partial charge on any atom is 0.166 e. The topological polar surface area (TPSA) is 69.6 Å².